The first-order valence-electron chi connectivity index (χ1n) is 9.50. The van der Waals surface area contributed by atoms with Gasteiger partial charge in [0, 0.05) is 25.6 Å². The fraction of sp³-hybridized carbons (Fsp3) is 0.579. The predicted molar refractivity (Wildman–Crippen MR) is 95.9 cm³/mol. The molecule has 10 heteroatoms. The molecule has 7 nitrogen and oxygen atoms in total. The van der Waals surface area contributed by atoms with Crippen molar-refractivity contribution in [2.45, 2.75) is 56.8 Å². The van der Waals surface area contributed by atoms with Gasteiger partial charge in [-0.15, -0.1) is 0 Å². The van der Waals surface area contributed by atoms with E-state index in [1.165, 1.54) is 12.8 Å². The second-order valence-corrected chi connectivity index (χ2v) is 7.47. The quantitative estimate of drug-likeness (QED) is 0.823. The van der Waals surface area contributed by atoms with Crippen LogP contribution >= 0.6 is 0 Å². The number of aliphatic carboxylic acids is 1. The first kappa shape index (κ1) is 21.1. The number of carboxylic acids is 1. The Labute approximate surface area is 165 Å². The molecular formula is C19H22F3N3O4. The van der Waals surface area contributed by atoms with Gasteiger partial charge in [-0.05, 0) is 43.7 Å². The first-order valence-corrected chi connectivity index (χ1v) is 9.50. The lowest BCUT2D eigenvalue weighted by atomic mass is 9.95. The number of piperidine rings is 1. The molecule has 0 unspecified atom stereocenters. The van der Waals surface area contributed by atoms with Gasteiger partial charge in [0.1, 0.15) is 0 Å². The van der Waals surface area contributed by atoms with E-state index in [-0.39, 0.29) is 23.9 Å². The van der Waals surface area contributed by atoms with E-state index in [0.717, 1.165) is 25.1 Å². The van der Waals surface area contributed by atoms with Gasteiger partial charge in [-0.2, -0.15) is 13.2 Å². The summed E-state index contributed by atoms with van der Waals surface area (Å²) in [5, 5.41) is 7.12. The number of halogens is 3. The predicted octanol–water partition coefficient (Wildman–Crippen LogP) is 2.61. The summed E-state index contributed by atoms with van der Waals surface area (Å²) in [5.74, 6) is -1.69. The third-order valence-corrected chi connectivity index (χ3v) is 5.41. The average molecular weight is 413 g/mol. The molecule has 2 amide bonds. The average Bonchev–Trinajstić information content (AvgIpc) is 3.37. The molecule has 3 fully saturated rings. The van der Waals surface area contributed by atoms with Crippen LogP contribution in [-0.4, -0.2) is 57.6 Å². The number of fused-ring (bicyclic) bond motifs is 1. The minimum Gasteiger partial charge on any atom is -0.475 e. The minimum absolute atomic E-state index is 0.119. The molecule has 1 aromatic rings. The van der Waals surface area contributed by atoms with Gasteiger partial charge in [0.15, 0.2) is 0 Å². The molecule has 3 aliphatic rings. The van der Waals surface area contributed by atoms with Crippen molar-refractivity contribution in [3.63, 3.8) is 0 Å². The third-order valence-electron chi connectivity index (χ3n) is 5.41. The van der Waals surface area contributed by atoms with Crippen molar-refractivity contribution < 1.29 is 32.7 Å². The van der Waals surface area contributed by atoms with Crippen molar-refractivity contribution in [1.82, 2.24) is 9.88 Å². The minimum atomic E-state index is -5.08. The normalized spacial score (nSPS) is 23.9. The van der Waals surface area contributed by atoms with Gasteiger partial charge in [0.2, 0.25) is 11.8 Å². The van der Waals surface area contributed by atoms with Crippen molar-refractivity contribution in [3.8, 4) is 0 Å². The van der Waals surface area contributed by atoms with Crippen LogP contribution in [0.3, 0.4) is 0 Å². The van der Waals surface area contributed by atoms with Crippen molar-refractivity contribution in [3.05, 3.63) is 24.5 Å². The van der Waals surface area contributed by atoms with Crippen molar-refractivity contribution in [2.24, 2.45) is 5.92 Å². The van der Waals surface area contributed by atoms with Gasteiger partial charge in [-0.1, -0.05) is 0 Å². The molecule has 1 aliphatic carbocycles. The first-order chi connectivity index (χ1) is 13.7. The zero-order valence-electron chi connectivity index (χ0n) is 15.6. The fourth-order valence-corrected chi connectivity index (χ4v) is 3.89. The summed E-state index contributed by atoms with van der Waals surface area (Å²) in [4.78, 5) is 41.8. The van der Waals surface area contributed by atoms with E-state index < -0.39 is 12.1 Å². The van der Waals surface area contributed by atoms with Crippen LogP contribution in [0.5, 0.6) is 0 Å². The molecule has 29 heavy (non-hydrogen) atoms. The third kappa shape index (κ3) is 5.04. The molecule has 1 aromatic heterocycles. The van der Waals surface area contributed by atoms with E-state index in [2.05, 4.69) is 4.98 Å². The van der Waals surface area contributed by atoms with Crippen LogP contribution in [0.15, 0.2) is 24.5 Å². The summed E-state index contributed by atoms with van der Waals surface area (Å²) in [5.41, 5.74) is 0.860. The standard InChI is InChI=1S/C17H21N3O2.C2HF3O2/c21-16-6-5-14-15(20(16)13-2-1-8-18-11-13)7-9-19(14)17(22)10-12-3-4-12;3-2(4,5)1(6)7/h1-2,8,11-12,14-15H,3-7,9-10H2;(H,6,7)/t14-,15-;/m0./s1. The topological polar surface area (TPSA) is 90.8 Å². The number of pyridine rings is 1. The summed E-state index contributed by atoms with van der Waals surface area (Å²) in [7, 11) is 0. The van der Waals surface area contributed by atoms with Crippen LogP contribution in [0.4, 0.5) is 18.9 Å². The maximum atomic E-state index is 12.5. The highest BCUT2D eigenvalue weighted by molar-refractivity contribution is 5.95. The number of carbonyl (C=O) groups excluding carboxylic acids is 2. The molecule has 0 bridgehead atoms. The van der Waals surface area contributed by atoms with Crippen LogP contribution in [0.1, 0.15) is 38.5 Å². The highest BCUT2D eigenvalue weighted by atomic mass is 19.4. The van der Waals surface area contributed by atoms with Crippen LogP contribution in [0.25, 0.3) is 0 Å². The van der Waals surface area contributed by atoms with Gasteiger partial charge < -0.3 is 14.9 Å². The Morgan fingerprint density at radius 2 is 1.86 bits per heavy atom. The van der Waals surface area contributed by atoms with Crippen LogP contribution < -0.4 is 4.90 Å². The monoisotopic (exact) mass is 413 g/mol. The van der Waals surface area contributed by atoms with E-state index in [4.69, 9.17) is 9.90 Å². The number of likely N-dealkylation sites (tertiary alicyclic amines) is 1. The summed E-state index contributed by atoms with van der Waals surface area (Å²) in [6.07, 6.45) is 3.68. The summed E-state index contributed by atoms with van der Waals surface area (Å²) in [6, 6.07) is 4.09. The smallest absolute Gasteiger partial charge is 0.475 e. The van der Waals surface area contributed by atoms with E-state index >= 15 is 0 Å². The van der Waals surface area contributed by atoms with Gasteiger partial charge in [-0.3, -0.25) is 14.6 Å². The molecule has 2 atom stereocenters. The van der Waals surface area contributed by atoms with Crippen LogP contribution in [0.2, 0.25) is 0 Å². The largest absolute Gasteiger partial charge is 0.490 e. The van der Waals surface area contributed by atoms with Gasteiger partial charge >= 0.3 is 12.1 Å². The van der Waals surface area contributed by atoms with Crippen LogP contribution in [-0.2, 0) is 14.4 Å². The van der Waals surface area contributed by atoms with E-state index in [1.807, 2.05) is 21.9 Å². The number of amides is 2. The molecule has 4 rings (SSSR count). The molecule has 1 saturated carbocycles. The Hall–Kier alpha value is -2.65. The van der Waals surface area contributed by atoms with Gasteiger partial charge in [0.25, 0.3) is 0 Å². The highest BCUT2D eigenvalue weighted by Gasteiger charge is 2.46. The summed E-state index contributed by atoms with van der Waals surface area (Å²) < 4.78 is 31.7. The van der Waals surface area contributed by atoms with Crippen molar-refractivity contribution in [1.29, 1.82) is 0 Å². The summed E-state index contributed by atoms with van der Waals surface area (Å²) >= 11 is 0. The highest BCUT2D eigenvalue weighted by Crippen LogP contribution is 2.37. The Balaban J connectivity index is 0.000000298. The number of carbonyl (C=O) groups is 3. The molecule has 0 aromatic carbocycles. The SMILES string of the molecule is O=C(CC1CC1)N1CC[C@H]2[C@@H]1CCC(=O)N2c1cccnc1.O=C(O)C(F)(F)F. The molecular weight excluding hydrogens is 391 g/mol. The maximum Gasteiger partial charge on any atom is 0.490 e. The van der Waals surface area contributed by atoms with Gasteiger partial charge in [-0.25, -0.2) is 4.79 Å². The van der Waals surface area contributed by atoms with Gasteiger partial charge in [0.05, 0.1) is 24.0 Å². The number of alkyl halides is 3. The Kier molecular flexibility index (Phi) is 6.09. The number of rotatable bonds is 3. The van der Waals surface area contributed by atoms with E-state index in [1.54, 1.807) is 12.4 Å². The van der Waals surface area contributed by atoms with E-state index in [0.29, 0.717) is 18.8 Å². The van der Waals surface area contributed by atoms with Crippen molar-refractivity contribution in [2.75, 3.05) is 11.4 Å². The molecule has 1 N–H and O–H groups in total. The second kappa shape index (κ2) is 8.38. The number of anilines is 1. The lowest BCUT2D eigenvalue weighted by Crippen LogP contribution is -2.53. The second-order valence-electron chi connectivity index (χ2n) is 7.47. The number of carboxylic acid groups (broad SMARTS) is 1. The zero-order valence-corrected chi connectivity index (χ0v) is 15.6. The fourth-order valence-electron chi connectivity index (χ4n) is 3.89. The lowest BCUT2D eigenvalue weighted by Gasteiger charge is -2.39. The van der Waals surface area contributed by atoms with E-state index in [9.17, 15) is 22.8 Å². The number of hydrogen-bond acceptors (Lipinski definition) is 4. The molecule has 0 spiro atoms. The number of nitrogens with zero attached hydrogens (tertiary/aromatic N) is 3. The maximum absolute atomic E-state index is 12.5. The molecule has 158 valence electrons. The zero-order chi connectivity index (χ0) is 21.2. The molecule has 0 radical (unpaired) electrons. The Morgan fingerprint density at radius 1 is 1.17 bits per heavy atom. The molecule has 2 aliphatic heterocycles. The van der Waals surface area contributed by atoms with Crippen LogP contribution in [0, 0.1) is 5.92 Å². The lowest BCUT2D eigenvalue weighted by molar-refractivity contribution is -0.192. The molecule has 3 heterocycles. The number of hydrogen-bond donors (Lipinski definition) is 1. The Morgan fingerprint density at radius 3 is 2.41 bits per heavy atom. The Bertz CT molecular complexity index is 768. The molecule has 2 saturated heterocycles. The summed E-state index contributed by atoms with van der Waals surface area (Å²) in [6.45, 7) is 0.783. The number of aromatic nitrogens is 1. The van der Waals surface area contributed by atoms with Crippen molar-refractivity contribution >= 4 is 23.5 Å².